The van der Waals surface area contributed by atoms with Gasteiger partial charge in [0.1, 0.15) is 13.2 Å². The molecule has 0 spiro atoms. The van der Waals surface area contributed by atoms with E-state index in [4.69, 9.17) is 16.6 Å². The highest BCUT2D eigenvalue weighted by Crippen LogP contribution is 2.06. The van der Waals surface area contributed by atoms with Crippen LogP contribution in [0.25, 0.3) is 0 Å². The summed E-state index contributed by atoms with van der Waals surface area (Å²) in [5, 5.41) is 7.34. The first-order chi connectivity index (χ1) is 11.5. The molecule has 0 amide bonds. The number of aromatic amines is 1. The summed E-state index contributed by atoms with van der Waals surface area (Å²) < 4.78 is 7.81. The minimum atomic E-state index is -0.516. The lowest BCUT2D eigenvalue weighted by Crippen LogP contribution is -2.35. The van der Waals surface area contributed by atoms with Gasteiger partial charge in [0.05, 0.1) is 0 Å². The van der Waals surface area contributed by atoms with Crippen molar-refractivity contribution in [3.8, 4) is 0 Å². The van der Waals surface area contributed by atoms with Crippen LogP contribution in [0, 0.1) is 11.8 Å². The Morgan fingerprint density at radius 3 is 2.75 bits per heavy atom. The van der Waals surface area contributed by atoms with Gasteiger partial charge in [0, 0.05) is 17.4 Å². The summed E-state index contributed by atoms with van der Waals surface area (Å²) in [5.74, 6) is 0.186. The van der Waals surface area contributed by atoms with E-state index in [2.05, 4.69) is 15.4 Å². The number of hydrogen-bond donors (Lipinski definition) is 2. The molecule has 0 fully saturated rings. The van der Waals surface area contributed by atoms with Crippen LogP contribution < -0.4 is 16.6 Å². The van der Waals surface area contributed by atoms with Gasteiger partial charge in [0.2, 0.25) is 5.89 Å². The van der Waals surface area contributed by atoms with Crippen LogP contribution in [-0.4, -0.2) is 19.3 Å². The van der Waals surface area contributed by atoms with Crippen molar-refractivity contribution < 1.29 is 4.42 Å². The minimum Gasteiger partial charge on any atom is -0.412 e. The summed E-state index contributed by atoms with van der Waals surface area (Å²) in [5.41, 5.74) is 0.474. The number of nitrogens with zero attached hydrogens (tertiary/aromatic N) is 3. The van der Waals surface area contributed by atoms with E-state index < -0.39 is 11.2 Å². The lowest BCUT2D eigenvalue weighted by atomic mass is 10.3. The molecule has 2 heterocycles. The first-order valence-electron chi connectivity index (χ1n) is 7.19. The monoisotopic (exact) mass is 345 g/mol. The molecule has 8 nitrogen and oxygen atoms in total. The van der Waals surface area contributed by atoms with E-state index in [-0.39, 0.29) is 17.3 Å². The summed E-state index contributed by atoms with van der Waals surface area (Å²) in [6.07, 6.45) is 0. The zero-order chi connectivity index (χ0) is 17.1. The molecule has 0 atom stereocenters. The van der Waals surface area contributed by atoms with E-state index in [9.17, 15) is 9.59 Å². The number of para-hydroxylation sites is 1. The van der Waals surface area contributed by atoms with E-state index in [1.54, 1.807) is 6.92 Å². The third kappa shape index (κ3) is 3.51. The van der Waals surface area contributed by atoms with Crippen LogP contribution >= 0.6 is 12.2 Å². The quantitative estimate of drug-likeness (QED) is 0.680. The molecule has 0 unspecified atom stereocenters. The van der Waals surface area contributed by atoms with Crippen molar-refractivity contribution in [2.45, 2.75) is 20.1 Å². The van der Waals surface area contributed by atoms with Crippen molar-refractivity contribution in [3.05, 3.63) is 73.7 Å². The third-order valence-corrected chi connectivity index (χ3v) is 3.60. The van der Waals surface area contributed by atoms with Crippen molar-refractivity contribution in [2.24, 2.45) is 0 Å². The number of aromatic nitrogens is 4. The number of hydrogen-bond acceptors (Lipinski definition) is 6. The summed E-state index contributed by atoms with van der Waals surface area (Å²) in [6.45, 7) is 1.87. The van der Waals surface area contributed by atoms with Crippen LogP contribution in [0.3, 0.4) is 0 Å². The highest BCUT2D eigenvalue weighted by atomic mass is 32.1. The Bertz CT molecular complexity index is 985. The van der Waals surface area contributed by atoms with Crippen molar-refractivity contribution in [2.75, 3.05) is 5.32 Å². The molecule has 0 radical (unpaired) electrons. The van der Waals surface area contributed by atoms with Crippen LogP contribution in [0.5, 0.6) is 0 Å². The van der Waals surface area contributed by atoms with Crippen LogP contribution in [0.1, 0.15) is 11.6 Å². The maximum absolute atomic E-state index is 11.9. The molecule has 24 heavy (non-hydrogen) atoms. The normalized spacial score (nSPS) is 10.7. The lowest BCUT2D eigenvalue weighted by Gasteiger charge is -2.04. The second-order valence-electron chi connectivity index (χ2n) is 5.14. The topological polar surface area (TPSA) is 97.8 Å². The molecule has 124 valence electrons. The van der Waals surface area contributed by atoms with E-state index in [1.165, 1.54) is 10.7 Å². The zero-order valence-electron chi connectivity index (χ0n) is 12.9. The predicted molar refractivity (Wildman–Crippen MR) is 90.6 cm³/mol. The van der Waals surface area contributed by atoms with Gasteiger partial charge in [0.15, 0.2) is 0 Å². The first-order valence-corrected chi connectivity index (χ1v) is 7.60. The second-order valence-corrected chi connectivity index (χ2v) is 5.49. The molecule has 2 N–H and O–H groups in total. The fourth-order valence-electron chi connectivity index (χ4n) is 2.16. The molecule has 2 aromatic heterocycles. The largest absolute Gasteiger partial charge is 0.412 e. The SMILES string of the molecule is Cc1cc(=O)n(Cc2nn(CNc3ccccc3)c(=S)o2)c(=O)[nH]1. The van der Waals surface area contributed by atoms with Gasteiger partial charge in [-0.1, -0.05) is 18.2 Å². The molecule has 0 saturated carbocycles. The third-order valence-electron chi connectivity index (χ3n) is 3.30. The number of H-pyrrole nitrogens is 1. The maximum Gasteiger partial charge on any atom is 0.329 e. The van der Waals surface area contributed by atoms with Crippen LogP contribution in [0.15, 0.2) is 50.4 Å². The van der Waals surface area contributed by atoms with Crippen LogP contribution in [-0.2, 0) is 13.2 Å². The lowest BCUT2D eigenvalue weighted by molar-refractivity contribution is 0.452. The Labute approximate surface area is 141 Å². The fourth-order valence-corrected chi connectivity index (χ4v) is 2.36. The van der Waals surface area contributed by atoms with E-state index >= 15 is 0 Å². The van der Waals surface area contributed by atoms with Crippen molar-refractivity contribution in [3.63, 3.8) is 0 Å². The van der Waals surface area contributed by atoms with Gasteiger partial charge in [-0.2, -0.15) is 0 Å². The molecule has 9 heteroatoms. The highest BCUT2D eigenvalue weighted by molar-refractivity contribution is 7.71. The summed E-state index contributed by atoms with van der Waals surface area (Å²) in [4.78, 5) is 26.5. The highest BCUT2D eigenvalue weighted by Gasteiger charge is 2.10. The number of aryl methyl sites for hydroxylation is 1. The van der Waals surface area contributed by atoms with Crippen molar-refractivity contribution >= 4 is 17.9 Å². The zero-order valence-corrected chi connectivity index (χ0v) is 13.7. The molecule has 0 aliphatic carbocycles. The van der Waals surface area contributed by atoms with Crippen LogP contribution in [0.2, 0.25) is 0 Å². The standard InChI is InChI=1S/C15H15N5O3S/c1-10-7-13(21)19(14(22)17-10)8-12-18-20(15(24)23-12)9-16-11-5-3-2-4-6-11/h2-7,16H,8-9H2,1H3,(H,17,22). The van der Waals surface area contributed by atoms with Crippen molar-refractivity contribution in [1.82, 2.24) is 19.3 Å². The van der Waals surface area contributed by atoms with E-state index in [1.807, 2.05) is 30.3 Å². The second kappa shape index (κ2) is 6.67. The predicted octanol–water partition coefficient (Wildman–Crippen LogP) is 1.48. The average molecular weight is 345 g/mol. The van der Waals surface area contributed by atoms with Gasteiger partial charge in [-0.15, -0.1) is 5.10 Å². The molecule has 1 aromatic carbocycles. The minimum absolute atomic E-state index is 0.0869. The maximum atomic E-state index is 11.9. The van der Waals surface area contributed by atoms with E-state index in [0.29, 0.717) is 12.4 Å². The van der Waals surface area contributed by atoms with E-state index in [0.717, 1.165) is 10.3 Å². The van der Waals surface area contributed by atoms with Crippen LogP contribution in [0.4, 0.5) is 5.69 Å². The fraction of sp³-hybridized carbons (Fsp3) is 0.200. The Kier molecular flexibility index (Phi) is 4.43. The number of nitrogens with one attached hydrogen (secondary N) is 2. The van der Waals surface area contributed by atoms with Gasteiger partial charge in [-0.3, -0.25) is 9.36 Å². The first kappa shape index (κ1) is 15.9. The smallest absolute Gasteiger partial charge is 0.329 e. The van der Waals surface area contributed by atoms with Gasteiger partial charge in [-0.25, -0.2) is 9.48 Å². The molecule has 0 bridgehead atoms. The molecular formula is C15H15N5O3S. The number of benzene rings is 1. The molecule has 0 aliphatic heterocycles. The Balaban J connectivity index is 1.79. The van der Waals surface area contributed by atoms with Crippen molar-refractivity contribution in [1.29, 1.82) is 0 Å². The molecule has 3 aromatic rings. The molecule has 3 rings (SSSR count). The van der Waals surface area contributed by atoms with Gasteiger partial charge in [-0.05, 0) is 31.3 Å². The average Bonchev–Trinajstić information content (AvgIpc) is 2.90. The van der Waals surface area contributed by atoms with Gasteiger partial charge >= 0.3 is 5.69 Å². The summed E-state index contributed by atoms with van der Waals surface area (Å²) in [7, 11) is 0. The molecular weight excluding hydrogens is 330 g/mol. The van der Waals surface area contributed by atoms with Gasteiger partial charge < -0.3 is 14.7 Å². The summed E-state index contributed by atoms with van der Waals surface area (Å²) >= 11 is 5.11. The summed E-state index contributed by atoms with van der Waals surface area (Å²) in [6, 6.07) is 10.9. The Morgan fingerprint density at radius 1 is 1.29 bits per heavy atom. The Morgan fingerprint density at radius 2 is 2.04 bits per heavy atom. The number of anilines is 1. The molecule has 0 aliphatic rings. The number of rotatable bonds is 5. The molecule has 0 saturated heterocycles. The Hall–Kier alpha value is -2.94. The van der Waals surface area contributed by atoms with Gasteiger partial charge in [0.25, 0.3) is 10.4 Å².